The molecule has 0 aromatic carbocycles. The predicted octanol–water partition coefficient (Wildman–Crippen LogP) is 2.10. The SMILES string of the molecule is CC1CC(C)CC(C#N)(OCCCO)C1. The van der Waals surface area contributed by atoms with Gasteiger partial charge in [-0.15, -0.1) is 0 Å². The third-order valence-corrected chi connectivity index (χ3v) is 3.05. The lowest BCUT2D eigenvalue weighted by molar-refractivity contribution is -0.0561. The maximum Gasteiger partial charge on any atom is 0.154 e. The van der Waals surface area contributed by atoms with Crippen LogP contribution in [0, 0.1) is 23.2 Å². The lowest BCUT2D eigenvalue weighted by Gasteiger charge is -2.37. The molecule has 1 fully saturated rings. The van der Waals surface area contributed by atoms with E-state index in [2.05, 4.69) is 19.9 Å². The first-order valence-corrected chi connectivity index (χ1v) is 5.78. The average Bonchev–Trinajstić information content (AvgIpc) is 2.17. The minimum absolute atomic E-state index is 0.132. The standard InChI is InChI=1S/C12H21NO2/c1-10-6-11(2)8-12(7-10,9-13)15-5-3-4-14/h10-11,14H,3-8H2,1-2H3. The van der Waals surface area contributed by atoms with Crippen molar-refractivity contribution >= 4 is 0 Å². The van der Waals surface area contributed by atoms with Gasteiger partial charge >= 0.3 is 0 Å². The molecule has 0 bridgehead atoms. The van der Waals surface area contributed by atoms with Gasteiger partial charge in [0.25, 0.3) is 0 Å². The molecule has 0 aliphatic heterocycles. The molecule has 2 unspecified atom stereocenters. The molecular formula is C12H21NO2. The summed E-state index contributed by atoms with van der Waals surface area (Å²) < 4.78 is 5.68. The molecule has 1 aliphatic rings. The Labute approximate surface area is 92.0 Å². The number of aliphatic hydroxyl groups is 1. The van der Waals surface area contributed by atoms with Crippen molar-refractivity contribution in [3.8, 4) is 6.07 Å². The van der Waals surface area contributed by atoms with E-state index in [1.54, 1.807) is 0 Å². The van der Waals surface area contributed by atoms with E-state index >= 15 is 0 Å². The monoisotopic (exact) mass is 211 g/mol. The molecule has 1 rings (SSSR count). The summed E-state index contributed by atoms with van der Waals surface area (Å²) in [5.74, 6) is 1.12. The van der Waals surface area contributed by atoms with Crippen LogP contribution in [0.4, 0.5) is 0 Å². The number of nitriles is 1. The molecule has 3 heteroatoms. The Kier molecular flexibility index (Phi) is 4.56. The molecule has 1 saturated carbocycles. The van der Waals surface area contributed by atoms with Gasteiger partial charge in [0.2, 0.25) is 0 Å². The normalized spacial score (nSPS) is 36.1. The first-order valence-electron chi connectivity index (χ1n) is 5.78. The zero-order chi connectivity index (χ0) is 11.3. The van der Waals surface area contributed by atoms with Crippen LogP contribution in [-0.4, -0.2) is 23.9 Å². The van der Waals surface area contributed by atoms with Gasteiger partial charge in [0.1, 0.15) is 0 Å². The quantitative estimate of drug-likeness (QED) is 0.724. The van der Waals surface area contributed by atoms with Gasteiger partial charge in [0, 0.05) is 6.61 Å². The second-order valence-corrected chi connectivity index (χ2v) is 4.89. The minimum Gasteiger partial charge on any atom is -0.396 e. The fourth-order valence-corrected chi connectivity index (χ4v) is 2.64. The molecule has 3 nitrogen and oxygen atoms in total. The maximum atomic E-state index is 9.24. The third-order valence-electron chi connectivity index (χ3n) is 3.05. The smallest absolute Gasteiger partial charge is 0.154 e. The summed E-state index contributed by atoms with van der Waals surface area (Å²) >= 11 is 0. The van der Waals surface area contributed by atoms with E-state index in [4.69, 9.17) is 9.84 Å². The van der Waals surface area contributed by atoms with Crippen molar-refractivity contribution < 1.29 is 9.84 Å². The highest BCUT2D eigenvalue weighted by Gasteiger charge is 2.38. The molecule has 0 saturated heterocycles. The second-order valence-electron chi connectivity index (χ2n) is 4.89. The molecule has 0 spiro atoms. The number of hydrogen-bond donors (Lipinski definition) is 1. The van der Waals surface area contributed by atoms with Crippen molar-refractivity contribution in [2.45, 2.75) is 45.1 Å². The molecule has 0 heterocycles. The maximum absolute atomic E-state index is 9.24. The Bertz CT molecular complexity index is 224. The molecule has 0 aromatic rings. The van der Waals surface area contributed by atoms with E-state index in [0.717, 1.165) is 12.8 Å². The molecule has 0 amide bonds. The Hall–Kier alpha value is -0.590. The number of hydrogen-bond acceptors (Lipinski definition) is 3. The van der Waals surface area contributed by atoms with Crippen molar-refractivity contribution in [2.75, 3.05) is 13.2 Å². The Balaban J connectivity index is 2.55. The van der Waals surface area contributed by atoms with E-state index in [-0.39, 0.29) is 6.61 Å². The van der Waals surface area contributed by atoms with Gasteiger partial charge in [0.05, 0.1) is 12.7 Å². The molecule has 86 valence electrons. The first-order chi connectivity index (χ1) is 7.12. The van der Waals surface area contributed by atoms with Crippen molar-refractivity contribution in [3.05, 3.63) is 0 Å². The Morgan fingerprint density at radius 3 is 2.47 bits per heavy atom. The Morgan fingerprint density at radius 2 is 2.00 bits per heavy atom. The average molecular weight is 211 g/mol. The van der Waals surface area contributed by atoms with Crippen molar-refractivity contribution in [1.82, 2.24) is 0 Å². The molecule has 1 N–H and O–H groups in total. The summed E-state index contributed by atoms with van der Waals surface area (Å²) in [7, 11) is 0. The highest BCUT2D eigenvalue weighted by molar-refractivity contribution is 5.05. The van der Waals surface area contributed by atoms with E-state index in [9.17, 15) is 5.26 Å². The highest BCUT2D eigenvalue weighted by atomic mass is 16.5. The lowest BCUT2D eigenvalue weighted by atomic mass is 9.74. The van der Waals surface area contributed by atoms with Gasteiger partial charge in [-0.3, -0.25) is 0 Å². The number of ether oxygens (including phenoxy) is 1. The van der Waals surface area contributed by atoms with Crippen LogP contribution in [0.15, 0.2) is 0 Å². The third kappa shape index (κ3) is 3.48. The fourth-order valence-electron chi connectivity index (χ4n) is 2.64. The van der Waals surface area contributed by atoms with Gasteiger partial charge in [-0.05, 0) is 37.5 Å². The summed E-state index contributed by atoms with van der Waals surface area (Å²) in [6.45, 7) is 4.98. The van der Waals surface area contributed by atoms with Gasteiger partial charge < -0.3 is 9.84 Å². The van der Waals surface area contributed by atoms with E-state index in [1.165, 1.54) is 6.42 Å². The fraction of sp³-hybridized carbons (Fsp3) is 0.917. The zero-order valence-corrected chi connectivity index (χ0v) is 9.70. The van der Waals surface area contributed by atoms with Crippen LogP contribution < -0.4 is 0 Å². The summed E-state index contributed by atoms with van der Waals surface area (Å²) in [6.07, 6.45) is 3.47. The summed E-state index contributed by atoms with van der Waals surface area (Å²) in [5, 5.41) is 17.9. The predicted molar refractivity (Wildman–Crippen MR) is 58.2 cm³/mol. The van der Waals surface area contributed by atoms with Crippen molar-refractivity contribution in [1.29, 1.82) is 5.26 Å². The van der Waals surface area contributed by atoms with E-state index < -0.39 is 5.60 Å². The molecule has 0 radical (unpaired) electrons. The molecular weight excluding hydrogens is 190 g/mol. The molecule has 15 heavy (non-hydrogen) atoms. The minimum atomic E-state index is -0.591. The van der Waals surface area contributed by atoms with Crippen LogP contribution in [0.25, 0.3) is 0 Å². The van der Waals surface area contributed by atoms with Crippen LogP contribution in [0.2, 0.25) is 0 Å². The molecule has 1 aliphatic carbocycles. The molecule has 0 aromatic heterocycles. The lowest BCUT2D eigenvalue weighted by Crippen LogP contribution is -2.39. The van der Waals surface area contributed by atoms with E-state index in [0.29, 0.717) is 24.9 Å². The van der Waals surface area contributed by atoms with Gasteiger partial charge in [-0.2, -0.15) is 5.26 Å². The van der Waals surface area contributed by atoms with Crippen LogP contribution in [0.5, 0.6) is 0 Å². The molecule has 2 atom stereocenters. The summed E-state index contributed by atoms with van der Waals surface area (Å²) in [5.41, 5.74) is -0.591. The summed E-state index contributed by atoms with van der Waals surface area (Å²) in [6, 6.07) is 2.33. The van der Waals surface area contributed by atoms with Crippen LogP contribution in [0.1, 0.15) is 39.5 Å². The summed E-state index contributed by atoms with van der Waals surface area (Å²) in [4.78, 5) is 0. The van der Waals surface area contributed by atoms with Gasteiger partial charge in [0.15, 0.2) is 5.60 Å². The largest absolute Gasteiger partial charge is 0.396 e. The first kappa shape index (κ1) is 12.5. The van der Waals surface area contributed by atoms with Gasteiger partial charge in [-0.25, -0.2) is 0 Å². The Morgan fingerprint density at radius 1 is 1.40 bits per heavy atom. The van der Waals surface area contributed by atoms with Crippen molar-refractivity contribution in [2.24, 2.45) is 11.8 Å². The second kappa shape index (κ2) is 5.48. The number of nitrogens with zero attached hydrogens (tertiary/aromatic N) is 1. The number of rotatable bonds is 4. The number of aliphatic hydroxyl groups excluding tert-OH is 1. The van der Waals surface area contributed by atoms with Crippen molar-refractivity contribution in [3.63, 3.8) is 0 Å². The van der Waals surface area contributed by atoms with Crippen LogP contribution in [0.3, 0.4) is 0 Å². The highest BCUT2D eigenvalue weighted by Crippen LogP contribution is 2.38. The van der Waals surface area contributed by atoms with E-state index in [1.807, 2.05) is 0 Å². The van der Waals surface area contributed by atoms with Gasteiger partial charge in [-0.1, -0.05) is 13.8 Å². The topological polar surface area (TPSA) is 53.2 Å². The zero-order valence-electron chi connectivity index (χ0n) is 9.70. The van der Waals surface area contributed by atoms with Crippen LogP contribution in [-0.2, 0) is 4.74 Å². The van der Waals surface area contributed by atoms with Crippen LogP contribution >= 0.6 is 0 Å².